The first-order valence-corrected chi connectivity index (χ1v) is 7.77. The molecule has 2 aromatic carbocycles. The minimum Gasteiger partial charge on any atom is -0.493 e. The molecule has 2 unspecified atom stereocenters. The van der Waals surface area contributed by atoms with Crippen LogP contribution in [0.5, 0.6) is 5.75 Å². The van der Waals surface area contributed by atoms with Crippen molar-refractivity contribution in [2.24, 2.45) is 0 Å². The highest BCUT2D eigenvalue weighted by atomic mass is 79.9. The fourth-order valence-electron chi connectivity index (χ4n) is 2.73. The Morgan fingerprint density at radius 1 is 1.15 bits per heavy atom. The summed E-state index contributed by atoms with van der Waals surface area (Å²) in [6, 6.07) is 17.3. The topological polar surface area (TPSA) is 21.3 Å². The Morgan fingerprint density at radius 2 is 1.90 bits per heavy atom. The van der Waals surface area contributed by atoms with Crippen LogP contribution < -0.4 is 10.1 Å². The number of fused-ring (bicyclic) bond motifs is 1. The maximum Gasteiger partial charge on any atom is 0.124 e. The molecule has 3 rings (SSSR count). The lowest BCUT2D eigenvalue weighted by atomic mass is 9.98. The van der Waals surface area contributed by atoms with E-state index in [2.05, 4.69) is 58.5 Å². The van der Waals surface area contributed by atoms with E-state index in [1.54, 1.807) is 0 Å². The van der Waals surface area contributed by atoms with Crippen molar-refractivity contribution >= 4 is 15.9 Å². The third-order valence-electron chi connectivity index (χ3n) is 3.78. The molecule has 104 valence electrons. The predicted octanol–water partition coefficient (Wildman–Crippen LogP) is 4.62. The van der Waals surface area contributed by atoms with Gasteiger partial charge >= 0.3 is 0 Å². The molecule has 0 saturated heterocycles. The molecule has 0 saturated carbocycles. The van der Waals surface area contributed by atoms with Crippen LogP contribution in [-0.2, 0) is 0 Å². The third kappa shape index (κ3) is 2.74. The van der Waals surface area contributed by atoms with E-state index in [1.807, 2.05) is 18.2 Å². The molecule has 0 fully saturated rings. The number of halogens is 1. The van der Waals surface area contributed by atoms with E-state index in [0.717, 1.165) is 23.2 Å². The van der Waals surface area contributed by atoms with E-state index >= 15 is 0 Å². The Labute approximate surface area is 128 Å². The van der Waals surface area contributed by atoms with Gasteiger partial charge in [-0.1, -0.05) is 52.3 Å². The van der Waals surface area contributed by atoms with Gasteiger partial charge in [-0.3, -0.25) is 0 Å². The molecule has 1 aliphatic rings. The lowest BCUT2D eigenvalue weighted by Crippen LogP contribution is -2.29. The molecule has 1 N–H and O–H groups in total. The molecule has 2 nitrogen and oxygen atoms in total. The summed E-state index contributed by atoms with van der Waals surface area (Å²) in [7, 11) is 0. The van der Waals surface area contributed by atoms with Gasteiger partial charge in [0.1, 0.15) is 5.75 Å². The average molecular weight is 332 g/mol. The summed E-state index contributed by atoms with van der Waals surface area (Å²) in [5.74, 6) is 1.01. The summed E-state index contributed by atoms with van der Waals surface area (Å²) in [5, 5.41) is 3.72. The third-order valence-corrected chi connectivity index (χ3v) is 4.50. The van der Waals surface area contributed by atoms with E-state index in [9.17, 15) is 0 Å². The molecule has 1 heterocycles. The van der Waals surface area contributed by atoms with Gasteiger partial charge in [0.2, 0.25) is 0 Å². The highest BCUT2D eigenvalue weighted by Gasteiger charge is 2.23. The highest BCUT2D eigenvalue weighted by molar-refractivity contribution is 9.10. The van der Waals surface area contributed by atoms with E-state index in [4.69, 9.17) is 4.74 Å². The first-order chi connectivity index (χ1) is 9.75. The maximum atomic E-state index is 5.72. The molecule has 1 aliphatic heterocycles. The van der Waals surface area contributed by atoms with Gasteiger partial charge in [-0.25, -0.2) is 0 Å². The maximum absolute atomic E-state index is 5.72. The Balaban J connectivity index is 1.81. The number of hydrogen-bond acceptors (Lipinski definition) is 2. The monoisotopic (exact) mass is 331 g/mol. The summed E-state index contributed by atoms with van der Waals surface area (Å²) in [5.41, 5.74) is 2.55. The number of rotatable bonds is 3. The zero-order valence-electron chi connectivity index (χ0n) is 11.5. The second-order valence-corrected chi connectivity index (χ2v) is 5.99. The number of ether oxygens (including phenoxy) is 1. The van der Waals surface area contributed by atoms with Crippen LogP contribution in [0, 0.1) is 0 Å². The Hall–Kier alpha value is -1.32. The fourth-order valence-corrected chi connectivity index (χ4v) is 3.36. The number of para-hydroxylation sites is 1. The molecule has 0 radical (unpaired) electrons. The summed E-state index contributed by atoms with van der Waals surface area (Å²) in [4.78, 5) is 0. The predicted molar refractivity (Wildman–Crippen MR) is 85.0 cm³/mol. The van der Waals surface area contributed by atoms with Crippen LogP contribution >= 0.6 is 15.9 Å². The minimum absolute atomic E-state index is 0.293. The van der Waals surface area contributed by atoms with Crippen LogP contribution in [0.25, 0.3) is 0 Å². The smallest absolute Gasteiger partial charge is 0.124 e. The summed E-state index contributed by atoms with van der Waals surface area (Å²) in [6.07, 6.45) is 1.01. The minimum atomic E-state index is 0.293. The SMILES string of the molecule is CC(NC1CCOc2ccccc21)c1ccccc1Br. The molecular formula is C17H18BrNO. The van der Waals surface area contributed by atoms with E-state index in [0.29, 0.717) is 12.1 Å². The molecule has 0 amide bonds. The lowest BCUT2D eigenvalue weighted by molar-refractivity contribution is 0.246. The molecule has 0 spiro atoms. The van der Waals surface area contributed by atoms with Crippen molar-refractivity contribution in [2.75, 3.05) is 6.61 Å². The molecule has 0 aromatic heterocycles. The Morgan fingerprint density at radius 3 is 2.75 bits per heavy atom. The van der Waals surface area contributed by atoms with Crippen LogP contribution in [0.4, 0.5) is 0 Å². The van der Waals surface area contributed by atoms with Crippen molar-refractivity contribution in [2.45, 2.75) is 25.4 Å². The van der Waals surface area contributed by atoms with Crippen molar-refractivity contribution in [3.8, 4) is 5.75 Å². The van der Waals surface area contributed by atoms with Gasteiger partial charge in [-0.2, -0.15) is 0 Å². The molecule has 2 atom stereocenters. The number of hydrogen-bond donors (Lipinski definition) is 1. The van der Waals surface area contributed by atoms with Gasteiger partial charge in [-0.05, 0) is 24.6 Å². The average Bonchev–Trinajstić information content (AvgIpc) is 2.48. The molecule has 0 bridgehead atoms. The van der Waals surface area contributed by atoms with Crippen molar-refractivity contribution in [3.05, 3.63) is 64.1 Å². The van der Waals surface area contributed by atoms with Gasteiger partial charge in [0.25, 0.3) is 0 Å². The summed E-state index contributed by atoms with van der Waals surface area (Å²) >= 11 is 3.63. The van der Waals surface area contributed by atoms with Gasteiger partial charge in [0, 0.05) is 28.5 Å². The first kappa shape index (κ1) is 13.7. The van der Waals surface area contributed by atoms with Crippen molar-refractivity contribution in [1.29, 1.82) is 0 Å². The zero-order valence-corrected chi connectivity index (χ0v) is 13.1. The molecule has 0 aliphatic carbocycles. The fraction of sp³-hybridized carbons (Fsp3) is 0.294. The lowest BCUT2D eigenvalue weighted by Gasteiger charge is -2.29. The van der Waals surface area contributed by atoms with E-state index in [1.165, 1.54) is 11.1 Å². The summed E-state index contributed by atoms with van der Waals surface area (Å²) in [6.45, 7) is 2.98. The summed E-state index contributed by atoms with van der Waals surface area (Å²) < 4.78 is 6.87. The second-order valence-electron chi connectivity index (χ2n) is 5.14. The molecule has 3 heteroatoms. The van der Waals surface area contributed by atoms with Crippen LogP contribution in [-0.4, -0.2) is 6.61 Å². The van der Waals surface area contributed by atoms with Crippen LogP contribution in [0.1, 0.15) is 36.6 Å². The normalized spacial score (nSPS) is 19.0. The van der Waals surface area contributed by atoms with Crippen LogP contribution in [0.3, 0.4) is 0 Å². The van der Waals surface area contributed by atoms with Crippen LogP contribution in [0.2, 0.25) is 0 Å². The van der Waals surface area contributed by atoms with Gasteiger partial charge < -0.3 is 10.1 Å². The highest BCUT2D eigenvalue weighted by Crippen LogP contribution is 2.34. The van der Waals surface area contributed by atoms with E-state index in [-0.39, 0.29) is 0 Å². The van der Waals surface area contributed by atoms with Crippen molar-refractivity contribution in [1.82, 2.24) is 5.32 Å². The Kier molecular flexibility index (Phi) is 4.08. The largest absolute Gasteiger partial charge is 0.493 e. The van der Waals surface area contributed by atoms with Gasteiger partial charge in [0.15, 0.2) is 0 Å². The van der Waals surface area contributed by atoms with Gasteiger partial charge in [0.05, 0.1) is 6.61 Å². The Bertz CT molecular complexity index is 599. The number of nitrogens with one attached hydrogen (secondary N) is 1. The molecular weight excluding hydrogens is 314 g/mol. The zero-order chi connectivity index (χ0) is 13.9. The second kappa shape index (κ2) is 5.98. The van der Waals surface area contributed by atoms with Crippen molar-refractivity contribution < 1.29 is 4.74 Å². The van der Waals surface area contributed by atoms with Crippen molar-refractivity contribution in [3.63, 3.8) is 0 Å². The van der Waals surface area contributed by atoms with E-state index < -0.39 is 0 Å². The first-order valence-electron chi connectivity index (χ1n) is 6.98. The van der Waals surface area contributed by atoms with Crippen LogP contribution in [0.15, 0.2) is 53.0 Å². The quantitative estimate of drug-likeness (QED) is 0.885. The molecule has 20 heavy (non-hydrogen) atoms. The number of benzene rings is 2. The van der Waals surface area contributed by atoms with Gasteiger partial charge in [-0.15, -0.1) is 0 Å². The molecule has 2 aromatic rings. The standard InChI is InChI=1S/C17H18BrNO/c1-12(13-6-2-4-8-15(13)18)19-16-10-11-20-17-9-5-3-7-14(16)17/h2-9,12,16,19H,10-11H2,1H3.